The van der Waals surface area contributed by atoms with E-state index in [1.807, 2.05) is 34.6 Å². The van der Waals surface area contributed by atoms with E-state index in [4.69, 9.17) is 15.5 Å². The van der Waals surface area contributed by atoms with E-state index < -0.39 is 0 Å². The van der Waals surface area contributed by atoms with Crippen molar-refractivity contribution < 1.29 is 9.53 Å². The summed E-state index contributed by atoms with van der Waals surface area (Å²) in [6, 6.07) is 0. The minimum absolute atomic E-state index is 0.0285. The van der Waals surface area contributed by atoms with Gasteiger partial charge in [-0.2, -0.15) is 0 Å². The summed E-state index contributed by atoms with van der Waals surface area (Å²) >= 11 is 0. The first-order valence-corrected chi connectivity index (χ1v) is 3.76. The Morgan fingerprint density at radius 3 is 1.67 bits per heavy atom. The van der Waals surface area contributed by atoms with E-state index in [0.29, 0.717) is 0 Å². The van der Waals surface area contributed by atoms with E-state index >= 15 is 0 Å². The number of carbonyl (C=O) groups is 1. The third kappa shape index (κ3) is 8.89. The van der Waals surface area contributed by atoms with Crippen molar-refractivity contribution in [3.8, 4) is 0 Å². The molecule has 0 saturated carbocycles. The van der Waals surface area contributed by atoms with Crippen molar-refractivity contribution in [2.75, 3.05) is 0 Å². The van der Waals surface area contributed by atoms with Crippen LogP contribution in [-0.2, 0) is 9.53 Å². The molecule has 0 aromatic carbocycles. The number of esters is 1. The molecular formula is C8H16N2O2. The van der Waals surface area contributed by atoms with Crippen molar-refractivity contribution in [3.63, 3.8) is 0 Å². The molecule has 0 aliphatic heterocycles. The fourth-order valence-electron chi connectivity index (χ4n) is 0.420. The van der Waals surface area contributed by atoms with E-state index in [1.54, 1.807) is 0 Å². The van der Waals surface area contributed by atoms with Crippen molar-refractivity contribution in [1.82, 2.24) is 0 Å². The molecule has 0 aliphatic carbocycles. The van der Waals surface area contributed by atoms with Crippen LogP contribution in [0.5, 0.6) is 0 Å². The minimum Gasteiger partial charge on any atom is -0.460 e. The van der Waals surface area contributed by atoms with Crippen molar-refractivity contribution in [2.45, 2.75) is 40.2 Å². The van der Waals surface area contributed by atoms with Gasteiger partial charge in [-0.15, -0.1) is 0 Å². The molecule has 0 aromatic rings. The van der Waals surface area contributed by atoms with Gasteiger partial charge in [0.1, 0.15) is 5.60 Å². The van der Waals surface area contributed by atoms with Gasteiger partial charge in [-0.3, -0.25) is 4.79 Å². The smallest absolute Gasteiger partial charge is 0.308 e. The summed E-state index contributed by atoms with van der Waals surface area (Å²) in [5.74, 6) is -0.160. The van der Waals surface area contributed by atoms with Gasteiger partial charge in [-0.1, -0.05) is 13.8 Å². The van der Waals surface area contributed by atoms with Gasteiger partial charge in [0.2, 0.25) is 0 Å². The fraction of sp³-hybridized carbons (Fsp3) is 0.875. The molecule has 4 nitrogen and oxygen atoms in total. The lowest BCUT2D eigenvalue weighted by Gasteiger charge is -2.20. The molecule has 0 fully saturated rings. The van der Waals surface area contributed by atoms with Crippen LogP contribution in [0.3, 0.4) is 0 Å². The highest BCUT2D eigenvalue weighted by Gasteiger charge is 2.17. The molecule has 0 N–H and O–H groups in total. The zero-order valence-electron chi connectivity index (χ0n) is 8.29. The predicted molar refractivity (Wildman–Crippen MR) is 44.1 cm³/mol. The average molecular weight is 172 g/mol. The van der Waals surface area contributed by atoms with Crippen LogP contribution >= 0.6 is 0 Å². The molecule has 70 valence electrons. The number of hydrogen-bond donors (Lipinski definition) is 0. The van der Waals surface area contributed by atoms with Crippen LogP contribution in [0, 0.1) is 16.7 Å². The summed E-state index contributed by atoms with van der Waals surface area (Å²) < 4.78 is 5.06. The molecule has 0 amide bonds. The normalized spacial score (nSPS) is 10.0. The fourth-order valence-corrected chi connectivity index (χ4v) is 0.420. The van der Waals surface area contributed by atoms with Crippen LogP contribution < -0.4 is 0 Å². The third-order valence-corrected chi connectivity index (χ3v) is 0.878. The van der Waals surface area contributed by atoms with Crippen molar-refractivity contribution in [2.24, 2.45) is 5.92 Å². The Kier molecular flexibility index (Phi) is 6.21. The van der Waals surface area contributed by atoms with Crippen LogP contribution in [0.2, 0.25) is 0 Å². The number of ether oxygens (including phenoxy) is 1. The maximum atomic E-state index is 10.9. The predicted octanol–water partition coefficient (Wildman–Crippen LogP) is 2.01. The lowest BCUT2D eigenvalue weighted by molar-refractivity contribution is -0.158. The zero-order chi connectivity index (χ0) is 10.4. The quantitative estimate of drug-likeness (QED) is 0.448. The Labute approximate surface area is 73.3 Å². The van der Waals surface area contributed by atoms with Crippen LogP contribution in [-0.4, -0.2) is 11.6 Å². The van der Waals surface area contributed by atoms with Crippen LogP contribution in [0.1, 0.15) is 34.6 Å². The van der Waals surface area contributed by atoms with Crippen LogP contribution in [0.15, 0.2) is 0 Å². The maximum Gasteiger partial charge on any atom is 0.308 e. The number of carbonyl (C=O) groups excluding carboxylic acids is 1. The maximum absolute atomic E-state index is 10.9. The van der Waals surface area contributed by atoms with Gasteiger partial charge >= 0.3 is 5.97 Å². The molecule has 0 heterocycles. The van der Waals surface area contributed by atoms with Gasteiger partial charge in [-0.25, -0.2) is 0 Å². The molecule has 0 spiro atoms. The molecular weight excluding hydrogens is 156 g/mol. The molecule has 12 heavy (non-hydrogen) atoms. The second kappa shape index (κ2) is 5.53. The SMILES string of the molecule is CC(C)C(=O)OC(C)(C)C.N#N. The van der Waals surface area contributed by atoms with E-state index in [2.05, 4.69) is 0 Å². The van der Waals surface area contributed by atoms with Gasteiger partial charge in [0.15, 0.2) is 0 Å². The van der Waals surface area contributed by atoms with Crippen molar-refractivity contribution in [1.29, 1.82) is 10.8 Å². The minimum atomic E-state index is -0.346. The Morgan fingerprint density at radius 2 is 1.58 bits per heavy atom. The molecule has 0 aromatic heterocycles. The lowest BCUT2D eigenvalue weighted by atomic mass is 10.1. The zero-order valence-corrected chi connectivity index (χ0v) is 8.29. The first-order valence-electron chi connectivity index (χ1n) is 3.76. The molecule has 0 bridgehead atoms. The van der Waals surface area contributed by atoms with Gasteiger partial charge in [-0.05, 0) is 20.8 Å². The average Bonchev–Trinajstić information content (AvgIpc) is 1.88. The molecule has 0 rings (SSSR count). The summed E-state index contributed by atoms with van der Waals surface area (Å²) in [6.07, 6.45) is 0. The Bertz CT molecular complexity index is 156. The molecule has 0 radical (unpaired) electrons. The van der Waals surface area contributed by atoms with Gasteiger partial charge in [0, 0.05) is 10.8 Å². The molecule has 0 aliphatic rings. The van der Waals surface area contributed by atoms with E-state index in [1.165, 1.54) is 0 Å². The third-order valence-electron chi connectivity index (χ3n) is 0.878. The van der Waals surface area contributed by atoms with E-state index in [-0.39, 0.29) is 17.5 Å². The molecule has 0 atom stereocenters. The highest BCUT2D eigenvalue weighted by Crippen LogP contribution is 2.10. The standard InChI is InChI=1S/C8H16O2.N2/c1-6(2)7(9)10-8(3,4)5;1-2/h6H,1-5H3;. The second-order valence-electron chi connectivity index (χ2n) is 3.69. The first kappa shape index (κ1) is 13.5. The van der Waals surface area contributed by atoms with E-state index in [9.17, 15) is 4.79 Å². The first-order chi connectivity index (χ1) is 5.33. The number of nitrogens with zero attached hydrogens (tertiary/aromatic N) is 2. The van der Waals surface area contributed by atoms with E-state index in [0.717, 1.165) is 0 Å². The van der Waals surface area contributed by atoms with Crippen molar-refractivity contribution >= 4 is 5.97 Å². The largest absolute Gasteiger partial charge is 0.460 e. The number of rotatable bonds is 1. The van der Waals surface area contributed by atoms with Crippen LogP contribution in [0.4, 0.5) is 0 Å². The highest BCUT2D eigenvalue weighted by atomic mass is 16.6. The topological polar surface area (TPSA) is 73.9 Å². The van der Waals surface area contributed by atoms with Crippen molar-refractivity contribution in [3.05, 3.63) is 0 Å². The molecule has 0 unspecified atom stereocenters. The second-order valence-corrected chi connectivity index (χ2v) is 3.69. The van der Waals surface area contributed by atoms with Gasteiger partial charge in [0.25, 0.3) is 0 Å². The molecule has 0 saturated heterocycles. The summed E-state index contributed by atoms with van der Waals surface area (Å²) in [4.78, 5) is 10.9. The summed E-state index contributed by atoms with van der Waals surface area (Å²) in [6.45, 7) is 9.26. The summed E-state index contributed by atoms with van der Waals surface area (Å²) in [7, 11) is 0. The monoisotopic (exact) mass is 172 g/mol. The summed E-state index contributed by atoms with van der Waals surface area (Å²) in [5, 5.41) is 12.0. The Balaban J connectivity index is 0. The highest BCUT2D eigenvalue weighted by molar-refractivity contribution is 5.71. The summed E-state index contributed by atoms with van der Waals surface area (Å²) in [5.41, 5.74) is -0.346. The van der Waals surface area contributed by atoms with Gasteiger partial charge in [0.05, 0.1) is 5.92 Å². The Hall–Kier alpha value is -1.11. The lowest BCUT2D eigenvalue weighted by Crippen LogP contribution is -2.26. The van der Waals surface area contributed by atoms with Crippen LogP contribution in [0.25, 0.3) is 0 Å². The Morgan fingerprint density at radius 1 is 1.25 bits per heavy atom. The van der Waals surface area contributed by atoms with Gasteiger partial charge < -0.3 is 4.74 Å². The molecule has 4 heteroatoms. The number of hydrogen-bond acceptors (Lipinski definition) is 4.